The number of ether oxygens (including phenoxy) is 1. The Balaban J connectivity index is 2.05. The lowest BCUT2D eigenvalue weighted by atomic mass is 10.0. The summed E-state index contributed by atoms with van der Waals surface area (Å²) in [5, 5.41) is 12.3. The lowest BCUT2D eigenvalue weighted by Crippen LogP contribution is -2.32. The highest BCUT2D eigenvalue weighted by molar-refractivity contribution is 5.89. The Morgan fingerprint density at radius 1 is 1.56 bits per heavy atom. The van der Waals surface area contributed by atoms with E-state index in [0.29, 0.717) is 11.7 Å². The second kappa shape index (κ2) is 5.35. The fraction of sp³-hybridized carbons (Fsp3) is 0.538. The first-order chi connectivity index (χ1) is 8.56. The molecule has 1 saturated heterocycles. The summed E-state index contributed by atoms with van der Waals surface area (Å²) in [5.74, 6) is -0.206. The Kier molecular flexibility index (Phi) is 3.81. The van der Waals surface area contributed by atoms with Gasteiger partial charge < -0.3 is 15.2 Å². The van der Waals surface area contributed by atoms with E-state index in [1.807, 2.05) is 0 Å². The molecule has 0 spiro atoms. The van der Waals surface area contributed by atoms with Gasteiger partial charge in [-0.15, -0.1) is 0 Å². The van der Waals surface area contributed by atoms with Gasteiger partial charge in [-0.2, -0.15) is 0 Å². The quantitative estimate of drug-likeness (QED) is 0.859. The van der Waals surface area contributed by atoms with E-state index < -0.39 is 5.97 Å². The number of anilines is 1. The molecule has 0 aromatic carbocycles. The van der Waals surface area contributed by atoms with Crippen molar-refractivity contribution in [2.45, 2.75) is 38.8 Å². The van der Waals surface area contributed by atoms with Crippen LogP contribution in [0.25, 0.3) is 0 Å². The van der Waals surface area contributed by atoms with Crippen molar-refractivity contribution in [3.8, 4) is 0 Å². The van der Waals surface area contributed by atoms with Gasteiger partial charge in [0.15, 0.2) is 0 Å². The molecule has 0 aliphatic carbocycles. The zero-order valence-electron chi connectivity index (χ0n) is 10.6. The van der Waals surface area contributed by atoms with Crippen molar-refractivity contribution in [2.24, 2.45) is 0 Å². The van der Waals surface area contributed by atoms with Gasteiger partial charge in [0.2, 0.25) is 0 Å². The molecule has 1 aromatic heterocycles. The van der Waals surface area contributed by atoms with Gasteiger partial charge in [-0.3, -0.25) is 0 Å². The largest absolute Gasteiger partial charge is 0.478 e. The third-order valence-corrected chi connectivity index (χ3v) is 3.15. The Bertz CT molecular complexity index is 448. The van der Waals surface area contributed by atoms with Gasteiger partial charge >= 0.3 is 5.97 Å². The summed E-state index contributed by atoms with van der Waals surface area (Å²) in [6.07, 6.45) is 2.16. The smallest absolute Gasteiger partial charge is 0.337 e. The van der Waals surface area contributed by atoms with Gasteiger partial charge in [0, 0.05) is 12.6 Å². The van der Waals surface area contributed by atoms with Gasteiger partial charge in [0.1, 0.15) is 5.82 Å². The molecule has 0 radical (unpaired) electrons. The van der Waals surface area contributed by atoms with Crippen LogP contribution >= 0.6 is 0 Å². The number of carboxylic acid groups (broad SMARTS) is 1. The topological polar surface area (TPSA) is 71.5 Å². The van der Waals surface area contributed by atoms with Crippen molar-refractivity contribution in [1.29, 1.82) is 0 Å². The van der Waals surface area contributed by atoms with Gasteiger partial charge in [0.25, 0.3) is 0 Å². The summed E-state index contributed by atoms with van der Waals surface area (Å²) in [7, 11) is 0. The van der Waals surface area contributed by atoms with Crippen LogP contribution in [0.2, 0.25) is 0 Å². The van der Waals surface area contributed by atoms with Crippen LogP contribution in [-0.2, 0) is 4.74 Å². The molecule has 1 aliphatic heterocycles. The zero-order valence-corrected chi connectivity index (χ0v) is 10.6. The van der Waals surface area contributed by atoms with Crippen LogP contribution in [0, 0.1) is 6.92 Å². The normalized spacial score (nSPS) is 23.7. The first-order valence-electron chi connectivity index (χ1n) is 6.15. The van der Waals surface area contributed by atoms with Crippen molar-refractivity contribution >= 4 is 11.8 Å². The maximum atomic E-state index is 10.9. The molecule has 98 valence electrons. The van der Waals surface area contributed by atoms with Crippen LogP contribution in [-0.4, -0.2) is 34.8 Å². The van der Waals surface area contributed by atoms with E-state index in [9.17, 15) is 4.79 Å². The third kappa shape index (κ3) is 2.98. The summed E-state index contributed by atoms with van der Waals surface area (Å²) >= 11 is 0. The number of nitrogens with one attached hydrogen (secondary N) is 1. The number of carbonyl (C=O) groups is 1. The van der Waals surface area contributed by atoms with Crippen LogP contribution in [0.5, 0.6) is 0 Å². The molecular weight excluding hydrogens is 232 g/mol. The molecule has 2 unspecified atom stereocenters. The van der Waals surface area contributed by atoms with E-state index in [4.69, 9.17) is 9.84 Å². The summed E-state index contributed by atoms with van der Waals surface area (Å²) < 4.78 is 5.48. The second-order valence-electron chi connectivity index (χ2n) is 4.68. The maximum Gasteiger partial charge on any atom is 0.337 e. The van der Waals surface area contributed by atoms with Crippen molar-refractivity contribution in [3.63, 3.8) is 0 Å². The standard InChI is InChI=1S/C13H18N2O3/c1-8-7-10(5-6-18-8)15-12-4-3-11(13(16)17)9(2)14-12/h3-4,8,10H,5-7H2,1-2H3,(H,14,15)(H,16,17). The molecule has 1 aromatic rings. The summed E-state index contributed by atoms with van der Waals surface area (Å²) in [6, 6.07) is 3.66. The predicted octanol–water partition coefficient (Wildman–Crippen LogP) is 2.07. The Labute approximate surface area is 106 Å². The lowest BCUT2D eigenvalue weighted by molar-refractivity contribution is 0.0232. The van der Waals surface area contributed by atoms with Crippen molar-refractivity contribution in [2.75, 3.05) is 11.9 Å². The molecule has 1 fully saturated rings. The molecule has 2 N–H and O–H groups in total. The molecule has 1 aliphatic rings. The van der Waals surface area contributed by atoms with Crippen LogP contribution < -0.4 is 5.32 Å². The fourth-order valence-corrected chi connectivity index (χ4v) is 2.21. The van der Waals surface area contributed by atoms with E-state index >= 15 is 0 Å². The van der Waals surface area contributed by atoms with Crippen LogP contribution in [0.1, 0.15) is 35.8 Å². The minimum atomic E-state index is -0.939. The molecule has 2 rings (SSSR count). The molecular formula is C13H18N2O3. The van der Waals surface area contributed by atoms with E-state index in [-0.39, 0.29) is 11.7 Å². The van der Waals surface area contributed by atoms with E-state index in [1.165, 1.54) is 0 Å². The minimum Gasteiger partial charge on any atom is -0.478 e. The number of aromatic nitrogens is 1. The predicted molar refractivity (Wildman–Crippen MR) is 68.0 cm³/mol. The first-order valence-corrected chi connectivity index (χ1v) is 6.15. The highest BCUT2D eigenvalue weighted by Gasteiger charge is 2.19. The molecule has 0 saturated carbocycles. The molecule has 18 heavy (non-hydrogen) atoms. The fourth-order valence-electron chi connectivity index (χ4n) is 2.21. The maximum absolute atomic E-state index is 10.9. The van der Waals surface area contributed by atoms with Crippen molar-refractivity contribution in [3.05, 3.63) is 23.4 Å². The molecule has 2 heterocycles. The van der Waals surface area contributed by atoms with Crippen LogP contribution in [0.4, 0.5) is 5.82 Å². The Morgan fingerprint density at radius 3 is 2.94 bits per heavy atom. The summed E-state index contributed by atoms with van der Waals surface area (Å²) in [4.78, 5) is 15.2. The number of nitrogens with zero attached hydrogens (tertiary/aromatic N) is 1. The number of hydrogen-bond donors (Lipinski definition) is 2. The van der Waals surface area contributed by atoms with Gasteiger partial charge in [-0.05, 0) is 38.8 Å². The number of pyridine rings is 1. The van der Waals surface area contributed by atoms with Crippen LogP contribution in [0.15, 0.2) is 12.1 Å². The van der Waals surface area contributed by atoms with Gasteiger partial charge in [-0.1, -0.05) is 0 Å². The highest BCUT2D eigenvalue weighted by Crippen LogP contribution is 2.18. The third-order valence-electron chi connectivity index (χ3n) is 3.15. The molecule has 0 bridgehead atoms. The average Bonchev–Trinajstić information content (AvgIpc) is 2.28. The van der Waals surface area contributed by atoms with E-state index in [2.05, 4.69) is 17.2 Å². The van der Waals surface area contributed by atoms with Gasteiger partial charge in [0.05, 0.1) is 17.4 Å². The zero-order chi connectivity index (χ0) is 13.1. The number of rotatable bonds is 3. The minimum absolute atomic E-state index is 0.251. The van der Waals surface area contributed by atoms with Gasteiger partial charge in [-0.25, -0.2) is 9.78 Å². The number of aromatic carboxylic acids is 1. The van der Waals surface area contributed by atoms with E-state index in [0.717, 1.165) is 25.3 Å². The molecule has 5 heteroatoms. The van der Waals surface area contributed by atoms with Crippen LogP contribution in [0.3, 0.4) is 0 Å². The SMILES string of the molecule is Cc1nc(NC2CCOC(C)C2)ccc1C(=O)O. The first kappa shape index (κ1) is 12.8. The average molecular weight is 250 g/mol. The monoisotopic (exact) mass is 250 g/mol. The Hall–Kier alpha value is -1.62. The molecule has 2 atom stereocenters. The van der Waals surface area contributed by atoms with Crippen molar-refractivity contribution < 1.29 is 14.6 Å². The highest BCUT2D eigenvalue weighted by atomic mass is 16.5. The molecule has 0 amide bonds. The summed E-state index contributed by atoms with van der Waals surface area (Å²) in [6.45, 7) is 4.52. The lowest BCUT2D eigenvalue weighted by Gasteiger charge is -2.28. The second-order valence-corrected chi connectivity index (χ2v) is 4.68. The number of hydrogen-bond acceptors (Lipinski definition) is 4. The van der Waals surface area contributed by atoms with E-state index in [1.54, 1.807) is 19.1 Å². The Morgan fingerprint density at radius 2 is 2.33 bits per heavy atom. The summed E-state index contributed by atoms with van der Waals surface area (Å²) in [5.41, 5.74) is 0.786. The number of carboxylic acids is 1. The number of aryl methyl sites for hydroxylation is 1. The molecule has 5 nitrogen and oxygen atoms in total. The van der Waals surface area contributed by atoms with Crippen molar-refractivity contribution in [1.82, 2.24) is 4.98 Å².